The quantitative estimate of drug-likeness (QED) is 0.904. The van der Waals surface area contributed by atoms with Crippen LogP contribution < -0.4 is 5.73 Å². The number of piperazine rings is 1. The molecular weight excluding hydrogens is 258 g/mol. The zero-order chi connectivity index (χ0) is 15.0. The van der Waals surface area contributed by atoms with Crippen molar-refractivity contribution < 1.29 is 0 Å². The third kappa shape index (κ3) is 2.52. The summed E-state index contributed by atoms with van der Waals surface area (Å²) in [5.74, 6) is 0.448. The Hall–Kier alpha value is -0.900. The molecule has 116 valence electrons. The van der Waals surface area contributed by atoms with Gasteiger partial charge in [0, 0.05) is 32.2 Å². The fourth-order valence-corrected chi connectivity index (χ4v) is 4.19. The molecular formula is C18H29N3. The molecule has 0 amide bonds. The van der Waals surface area contributed by atoms with Crippen molar-refractivity contribution in [3.8, 4) is 0 Å². The van der Waals surface area contributed by atoms with Crippen LogP contribution in [0.2, 0.25) is 0 Å². The summed E-state index contributed by atoms with van der Waals surface area (Å²) in [6.07, 6.45) is 2.36. The molecule has 1 heterocycles. The van der Waals surface area contributed by atoms with E-state index in [4.69, 9.17) is 5.73 Å². The first-order valence-corrected chi connectivity index (χ1v) is 8.33. The number of hydrogen-bond acceptors (Lipinski definition) is 3. The Labute approximate surface area is 129 Å². The third-order valence-electron chi connectivity index (χ3n) is 5.66. The van der Waals surface area contributed by atoms with Crippen LogP contribution in [0.3, 0.4) is 0 Å². The van der Waals surface area contributed by atoms with Gasteiger partial charge in [-0.25, -0.2) is 0 Å². The van der Waals surface area contributed by atoms with Gasteiger partial charge in [0.05, 0.1) is 5.54 Å². The lowest BCUT2D eigenvalue weighted by molar-refractivity contribution is 0.0368. The number of benzene rings is 1. The molecule has 1 fully saturated rings. The molecule has 3 rings (SSSR count). The summed E-state index contributed by atoms with van der Waals surface area (Å²) in [7, 11) is 2.21. The van der Waals surface area contributed by atoms with Crippen LogP contribution in [0.15, 0.2) is 24.3 Å². The highest BCUT2D eigenvalue weighted by molar-refractivity contribution is 5.38. The first kappa shape index (κ1) is 15.0. The number of nitrogens with zero attached hydrogens (tertiary/aromatic N) is 2. The SMILES string of the molecule is CC(C)C1(N)c2ccccc2CCC1N1CCN(C)CC1. The van der Waals surface area contributed by atoms with Gasteiger partial charge in [-0.3, -0.25) is 4.90 Å². The Balaban J connectivity index is 1.94. The molecule has 1 saturated heterocycles. The average Bonchev–Trinajstić information content (AvgIpc) is 2.49. The smallest absolute Gasteiger partial charge is 0.0593 e. The number of nitrogens with two attached hydrogens (primary N) is 1. The van der Waals surface area contributed by atoms with Crippen LogP contribution in [-0.2, 0) is 12.0 Å². The molecule has 1 aliphatic carbocycles. The van der Waals surface area contributed by atoms with Gasteiger partial charge in [-0.15, -0.1) is 0 Å². The lowest BCUT2D eigenvalue weighted by atomic mass is 9.67. The molecule has 0 radical (unpaired) electrons. The van der Waals surface area contributed by atoms with Gasteiger partial charge in [-0.05, 0) is 36.9 Å². The van der Waals surface area contributed by atoms with Crippen LogP contribution in [0.1, 0.15) is 31.4 Å². The molecule has 1 aromatic carbocycles. The van der Waals surface area contributed by atoms with Gasteiger partial charge in [0.15, 0.2) is 0 Å². The molecule has 3 heteroatoms. The van der Waals surface area contributed by atoms with E-state index in [0.717, 1.165) is 26.2 Å². The van der Waals surface area contributed by atoms with Crippen LogP contribution in [0.4, 0.5) is 0 Å². The zero-order valence-corrected chi connectivity index (χ0v) is 13.7. The average molecular weight is 287 g/mol. The van der Waals surface area contributed by atoms with Gasteiger partial charge in [0.25, 0.3) is 0 Å². The highest BCUT2D eigenvalue weighted by Crippen LogP contribution is 2.41. The summed E-state index contributed by atoms with van der Waals surface area (Å²) in [5, 5.41) is 0. The largest absolute Gasteiger partial charge is 0.320 e. The topological polar surface area (TPSA) is 32.5 Å². The number of fused-ring (bicyclic) bond motifs is 1. The molecule has 3 nitrogen and oxygen atoms in total. The maximum atomic E-state index is 7.07. The Morgan fingerprint density at radius 2 is 1.81 bits per heavy atom. The second-order valence-electron chi connectivity index (χ2n) is 7.14. The van der Waals surface area contributed by atoms with Crippen molar-refractivity contribution in [1.29, 1.82) is 0 Å². The number of likely N-dealkylation sites (N-methyl/N-ethyl adjacent to an activating group) is 1. The number of hydrogen-bond donors (Lipinski definition) is 1. The normalized spacial score (nSPS) is 31.4. The van der Waals surface area contributed by atoms with E-state index in [1.54, 1.807) is 0 Å². The van der Waals surface area contributed by atoms with E-state index in [2.05, 4.69) is 55.0 Å². The highest BCUT2D eigenvalue weighted by Gasteiger charge is 2.46. The molecule has 0 aromatic heterocycles. The molecule has 0 bridgehead atoms. The first-order chi connectivity index (χ1) is 10.0. The fraction of sp³-hybridized carbons (Fsp3) is 0.667. The van der Waals surface area contributed by atoms with Crippen LogP contribution in [0.5, 0.6) is 0 Å². The van der Waals surface area contributed by atoms with Gasteiger partial charge < -0.3 is 10.6 Å². The van der Waals surface area contributed by atoms with Crippen molar-refractivity contribution in [3.63, 3.8) is 0 Å². The van der Waals surface area contributed by atoms with E-state index in [0.29, 0.717) is 12.0 Å². The second kappa shape index (κ2) is 5.71. The Kier molecular flexibility index (Phi) is 4.08. The van der Waals surface area contributed by atoms with Crippen molar-refractivity contribution in [2.75, 3.05) is 33.2 Å². The van der Waals surface area contributed by atoms with Gasteiger partial charge >= 0.3 is 0 Å². The van der Waals surface area contributed by atoms with Gasteiger partial charge in [0.2, 0.25) is 0 Å². The van der Waals surface area contributed by atoms with E-state index in [-0.39, 0.29) is 5.54 Å². The van der Waals surface area contributed by atoms with E-state index >= 15 is 0 Å². The number of aryl methyl sites for hydroxylation is 1. The minimum absolute atomic E-state index is 0.218. The van der Waals surface area contributed by atoms with E-state index in [9.17, 15) is 0 Å². The maximum absolute atomic E-state index is 7.07. The summed E-state index contributed by atoms with van der Waals surface area (Å²) < 4.78 is 0. The molecule has 0 spiro atoms. The Morgan fingerprint density at radius 3 is 2.48 bits per heavy atom. The summed E-state index contributed by atoms with van der Waals surface area (Å²) in [5.41, 5.74) is 9.69. The monoisotopic (exact) mass is 287 g/mol. The fourth-order valence-electron chi connectivity index (χ4n) is 4.19. The zero-order valence-electron chi connectivity index (χ0n) is 13.7. The van der Waals surface area contributed by atoms with Crippen molar-refractivity contribution in [2.24, 2.45) is 11.7 Å². The Morgan fingerprint density at radius 1 is 1.14 bits per heavy atom. The molecule has 1 aromatic rings. The molecule has 21 heavy (non-hydrogen) atoms. The maximum Gasteiger partial charge on any atom is 0.0593 e. The highest BCUT2D eigenvalue weighted by atomic mass is 15.3. The summed E-state index contributed by atoms with van der Waals surface area (Å²) in [6.45, 7) is 9.18. The molecule has 0 saturated carbocycles. The lowest BCUT2D eigenvalue weighted by Crippen LogP contribution is -2.63. The summed E-state index contributed by atoms with van der Waals surface area (Å²) in [4.78, 5) is 5.07. The van der Waals surface area contributed by atoms with Crippen molar-refractivity contribution in [2.45, 2.75) is 38.3 Å². The molecule has 2 aliphatic rings. The first-order valence-electron chi connectivity index (χ1n) is 8.33. The van der Waals surface area contributed by atoms with E-state index in [1.807, 2.05) is 0 Å². The van der Waals surface area contributed by atoms with Gasteiger partial charge in [-0.2, -0.15) is 0 Å². The predicted octanol–water partition coefficient (Wildman–Crippen LogP) is 2.06. The van der Waals surface area contributed by atoms with Gasteiger partial charge in [-0.1, -0.05) is 38.1 Å². The lowest BCUT2D eigenvalue weighted by Gasteiger charge is -2.52. The van der Waals surface area contributed by atoms with E-state index in [1.165, 1.54) is 24.0 Å². The third-order valence-corrected chi connectivity index (χ3v) is 5.66. The summed E-state index contributed by atoms with van der Waals surface area (Å²) >= 11 is 0. The minimum Gasteiger partial charge on any atom is -0.320 e. The predicted molar refractivity (Wildman–Crippen MR) is 88.3 cm³/mol. The van der Waals surface area contributed by atoms with Crippen molar-refractivity contribution in [3.05, 3.63) is 35.4 Å². The minimum atomic E-state index is -0.218. The molecule has 2 N–H and O–H groups in total. The number of rotatable bonds is 2. The van der Waals surface area contributed by atoms with Crippen molar-refractivity contribution in [1.82, 2.24) is 9.80 Å². The molecule has 2 unspecified atom stereocenters. The molecule has 2 atom stereocenters. The Bertz CT molecular complexity index is 491. The second-order valence-corrected chi connectivity index (χ2v) is 7.14. The van der Waals surface area contributed by atoms with Crippen LogP contribution in [0, 0.1) is 5.92 Å². The van der Waals surface area contributed by atoms with Crippen LogP contribution >= 0.6 is 0 Å². The van der Waals surface area contributed by atoms with Crippen molar-refractivity contribution >= 4 is 0 Å². The summed E-state index contributed by atoms with van der Waals surface area (Å²) in [6, 6.07) is 9.29. The van der Waals surface area contributed by atoms with E-state index < -0.39 is 0 Å². The van der Waals surface area contributed by atoms with Gasteiger partial charge in [0.1, 0.15) is 0 Å². The standard InChI is InChI=1S/C18H29N3/c1-14(2)18(19)16-7-5-4-6-15(16)8-9-17(18)21-12-10-20(3)11-13-21/h4-7,14,17H,8-13,19H2,1-3H3. The van der Waals surface area contributed by atoms with Crippen LogP contribution in [0.25, 0.3) is 0 Å². The molecule has 1 aliphatic heterocycles. The van der Waals surface area contributed by atoms with Crippen LogP contribution in [-0.4, -0.2) is 49.1 Å².